The molecule has 0 aliphatic heterocycles. The Labute approximate surface area is 118 Å². The second-order valence-corrected chi connectivity index (χ2v) is 6.17. The molecule has 0 aliphatic rings. The monoisotopic (exact) mass is 273 g/mol. The highest BCUT2D eigenvalue weighted by molar-refractivity contribution is 6.04. The van der Waals surface area contributed by atoms with Gasteiger partial charge in [-0.05, 0) is 46.1 Å². The molecule has 0 rings (SSSR count). The Morgan fingerprint density at radius 2 is 1.22 bits per heavy atom. The van der Waals surface area contributed by atoms with E-state index in [0.717, 1.165) is 36.6 Å². The summed E-state index contributed by atoms with van der Waals surface area (Å²) in [5, 5.41) is 0. The standard InChI is InChI=1S/C14H35N3Si/c1-7-12-13-17(18)14(6,15(8-2)9-3)16(10-4)11-5/h7-13H2,1-6,18H3. The SMILES string of the molecule is CCCCN([SiH3])C(C)(N(CC)CC)N(CC)CC. The minimum absolute atomic E-state index is 0.106. The normalized spacial score (nSPS) is 13.2. The molecular weight excluding hydrogens is 238 g/mol. The zero-order valence-corrected chi connectivity index (χ0v) is 15.8. The van der Waals surface area contributed by atoms with Crippen molar-refractivity contribution in [2.75, 3.05) is 32.7 Å². The predicted octanol–water partition coefficient (Wildman–Crippen LogP) is 1.73. The maximum Gasteiger partial charge on any atom is 0.121 e. The molecule has 18 heavy (non-hydrogen) atoms. The van der Waals surface area contributed by atoms with Gasteiger partial charge < -0.3 is 4.57 Å². The van der Waals surface area contributed by atoms with Crippen molar-refractivity contribution in [3.63, 3.8) is 0 Å². The van der Waals surface area contributed by atoms with Crippen LogP contribution in [-0.4, -0.2) is 63.3 Å². The quantitative estimate of drug-likeness (QED) is 0.443. The third-order valence-electron chi connectivity index (χ3n) is 4.30. The maximum atomic E-state index is 2.66. The van der Waals surface area contributed by atoms with Gasteiger partial charge in [-0.3, -0.25) is 9.80 Å². The van der Waals surface area contributed by atoms with Gasteiger partial charge in [0.15, 0.2) is 0 Å². The Balaban J connectivity index is 5.10. The molecule has 110 valence electrons. The second kappa shape index (κ2) is 9.07. The minimum Gasteiger partial charge on any atom is -0.304 e. The summed E-state index contributed by atoms with van der Waals surface area (Å²) in [4.78, 5) is 5.20. The molecule has 0 aliphatic carbocycles. The molecule has 0 atom stereocenters. The lowest BCUT2D eigenvalue weighted by Gasteiger charge is -2.53. The van der Waals surface area contributed by atoms with E-state index in [1.807, 2.05) is 0 Å². The largest absolute Gasteiger partial charge is 0.304 e. The fourth-order valence-electron chi connectivity index (χ4n) is 2.94. The van der Waals surface area contributed by atoms with Crippen LogP contribution in [0.5, 0.6) is 0 Å². The summed E-state index contributed by atoms with van der Waals surface area (Å²) in [6, 6.07) is 0. The minimum atomic E-state index is 0.106. The van der Waals surface area contributed by atoms with E-state index < -0.39 is 0 Å². The van der Waals surface area contributed by atoms with E-state index in [1.54, 1.807) is 0 Å². The number of nitrogens with zero attached hydrogens (tertiary/aromatic N) is 3. The lowest BCUT2D eigenvalue weighted by atomic mass is 10.2. The molecule has 0 fully saturated rings. The smallest absolute Gasteiger partial charge is 0.121 e. The van der Waals surface area contributed by atoms with Crippen molar-refractivity contribution in [2.24, 2.45) is 0 Å². The first kappa shape index (κ1) is 18.1. The molecule has 0 aromatic carbocycles. The third kappa shape index (κ3) is 4.05. The van der Waals surface area contributed by atoms with Crippen molar-refractivity contribution in [1.29, 1.82) is 0 Å². The summed E-state index contributed by atoms with van der Waals surface area (Å²) in [5.41, 5.74) is 0. The first-order valence-corrected chi connectivity index (χ1v) is 8.63. The van der Waals surface area contributed by atoms with Crippen LogP contribution >= 0.6 is 0 Å². The van der Waals surface area contributed by atoms with Gasteiger partial charge in [0.05, 0.1) is 10.4 Å². The van der Waals surface area contributed by atoms with Crippen LogP contribution in [0.3, 0.4) is 0 Å². The average molecular weight is 274 g/mol. The van der Waals surface area contributed by atoms with Crippen molar-refractivity contribution in [3.8, 4) is 0 Å². The lowest BCUT2D eigenvalue weighted by Crippen LogP contribution is -2.67. The molecule has 0 aromatic heterocycles. The Hall–Kier alpha value is 0.0969. The summed E-state index contributed by atoms with van der Waals surface area (Å²) in [7, 11) is 1.13. The Kier molecular flexibility index (Phi) is 9.12. The van der Waals surface area contributed by atoms with Gasteiger partial charge >= 0.3 is 0 Å². The van der Waals surface area contributed by atoms with E-state index in [4.69, 9.17) is 0 Å². The number of rotatable bonds is 10. The van der Waals surface area contributed by atoms with Gasteiger partial charge in [-0.25, -0.2) is 0 Å². The van der Waals surface area contributed by atoms with Gasteiger partial charge in [0.1, 0.15) is 5.79 Å². The zero-order chi connectivity index (χ0) is 14.2. The summed E-state index contributed by atoms with van der Waals surface area (Å²) in [6.07, 6.45) is 2.59. The first-order valence-electron chi connectivity index (χ1n) is 7.73. The molecule has 0 N–H and O–H groups in total. The molecule has 3 nitrogen and oxygen atoms in total. The lowest BCUT2D eigenvalue weighted by molar-refractivity contribution is -0.115. The molecule has 4 heteroatoms. The molecular formula is C14H35N3Si. The van der Waals surface area contributed by atoms with Crippen molar-refractivity contribution < 1.29 is 0 Å². The van der Waals surface area contributed by atoms with E-state index in [2.05, 4.69) is 55.9 Å². The van der Waals surface area contributed by atoms with Gasteiger partial charge in [0, 0.05) is 0 Å². The third-order valence-corrected chi connectivity index (χ3v) is 5.59. The van der Waals surface area contributed by atoms with Crippen molar-refractivity contribution in [1.82, 2.24) is 14.4 Å². The zero-order valence-electron chi connectivity index (χ0n) is 13.8. The molecule has 0 spiro atoms. The van der Waals surface area contributed by atoms with Gasteiger partial charge in [0.2, 0.25) is 0 Å². The second-order valence-electron chi connectivity index (χ2n) is 5.09. The molecule has 0 unspecified atom stereocenters. The molecule has 0 heterocycles. The van der Waals surface area contributed by atoms with Gasteiger partial charge in [-0.15, -0.1) is 0 Å². The summed E-state index contributed by atoms with van der Waals surface area (Å²) in [5.74, 6) is 0.106. The fraction of sp³-hybridized carbons (Fsp3) is 1.00. The molecule has 0 saturated heterocycles. The van der Waals surface area contributed by atoms with Gasteiger partial charge in [-0.2, -0.15) is 0 Å². The Morgan fingerprint density at radius 3 is 1.50 bits per heavy atom. The van der Waals surface area contributed by atoms with Crippen LogP contribution < -0.4 is 0 Å². The van der Waals surface area contributed by atoms with Crippen LogP contribution in [-0.2, 0) is 0 Å². The summed E-state index contributed by atoms with van der Waals surface area (Å²) < 4.78 is 2.66. The first-order chi connectivity index (χ1) is 8.52. The van der Waals surface area contributed by atoms with Crippen molar-refractivity contribution in [2.45, 2.75) is 60.2 Å². The molecule has 0 saturated carbocycles. The predicted molar refractivity (Wildman–Crippen MR) is 85.8 cm³/mol. The highest BCUT2D eigenvalue weighted by Gasteiger charge is 2.38. The van der Waals surface area contributed by atoms with Crippen LogP contribution in [0.15, 0.2) is 0 Å². The van der Waals surface area contributed by atoms with Crippen LogP contribution in [0, 0.1) is 0 Å². The Bertz CT molecular complexity index is 191. The molecule has 0 bridgehead atoms. The fourth-order valence-corrected chi connectivity index (χ4v) is 3.82. The van der Waals surface area contributed by atoms with Crippen LogP contribution in [0.25, 0.3) is 0 Å². The van der Waals surface area contributed by atoms with Crippen molar-refractivity contribution >= 4 is 10.4 Å². The van der Waals surface area contributed by atoms with E-state index in [1.165, 1.54) is 19.4 Å². The van der Waals surface area contributed by atoms with Crippen molar-refractivity contribution in [3.05, 3.63) is 0 Å². The highest BCUT2D eigenvalue weighted by Crippen LogP contribution is 2.23. The summed E-state index contributed by atoms with van der Waals surface area (Å²) >= 11 is 0. The highest BCUT2D eigenvalue weighted by atomic mass is 28.2. The Morgan fingerprint density at radius 1 is 0.833 bits per heavy atom. The van der Waals surface area contributed by atoms with Crippen LogP contribution in [0.4, 0.5) is 0 Å². The van der Waals surface area contributed by atoms with Crippen LogP contribution in [0.1, 0.15) is 54.4 Å². The maximum absolute atomic E-state index is 2.66. The molecule has 0 amide bonds. The average Bonchev–Trinajstić information content (AvgIpc) is 2.38. The van der Waals surface area contributed by atoms with Gasteiger partial charge in [-0.1, -0.05) is 41.0 Å². The number of hydrogen-bond donors (Lipinski definition) is 0. The topological polar surface area (TPSA) is 9.72 Å². The molecule has 0 aromatic rings. The number of hydrogen-bond acceptors (Lipinski definition) is 3. The van der Waals surface area contributed by atoms with E-state index >= 15 is 0 Å². The molecule has 0 radical (unpaired) electrons. The van der Waals surface area contributed by atoms with Crippen LogP contribution in [0.2, 0.25) is 0 Å². The van der Waals surface area contributed by atoms with E-state index in [9.17, 15) is 0 Å². The summed E-state index contributed by atoms with van der Waals surface area (Å²) in [6.45, 7) is 19.5. The van der Waals surface area contributed by atoms with E-state index in [0.29, 0.717) is 0 Å². The van der Waals surface area contributed by atoms with E-state index in [-0.39, 0.29) is 5.79 Å². The number of unbranched alkanes of at least 4 members (excludes halogenated alkanes) is 1. The van der Waals surface area contributed by atoms with Gasteiger partial charge in [0.25, 0.3) is 0 Å².